The summed E-state index contributed by atoms with van der Waals surface area (Å²) in [6, 6.07) is 19.8. The second kappa shape index (κ2) is 8.92. The van der Waals surface area contributed by atoms with Crippen molar-refractivity contribution in [2.45, 2.75) is 11.8 Å². The van der Waals surface area contributed by atoms with Crippen LogP contribution in [0.5, 0.6) is 17.2 Å². The standard InChI is InChI=1S/C23H20N2O4S/c1-2-28-17-8-10-19(11-9-17)29-18-6-4-16(5-7-18)24-23(27)15-3-12-21-20(13-15)25-22(26)14-30-21/h3-13H,2,14H2,1H3,(H,24,27)(H,25,26). The van der Waals surface area contributed by atoms with Crippen molar-refractivity contribution in [1.29, 1.82) is 0 Å². The Labute approximate surface area is 178 Å². The first kappa shape index (κ1) is 19.8. The monoisotopic (exact) mass is 420 g/mol. The first-order valence-electron chi connectivity index (χ1n) is 9.49. The third kappa shape index (κ3) is 4.75. The molecule has 6 nitrogen and oxygen atoms in total. The summed E-state index contributed by atoms with van der Waals surface area (Å²) < 4.78 is 11.2. The third-order valence-corrected chi connectivity index (χ3v) is 5.43. The van der Waals surface area contributed by atoms with Crippen molar-refractivity contribution in [3.8, 4) is 17.2 Å². The number of carbonyl (C=O) groups is 2. The molecule has 0 saturated heterocycles. The zero-order chi connectivity index (χ0) is 20.9. The molecule has 2 N–H and O–H groups in total. The van der Waals surface area contributed by atoms with E-state index >= 15 is 0 Å². The SMILES string of the molecule is CCOc1ccc(Oc2ccc(NC(=O)c3ccc4c(c3)NC(=O)CS4)cc2)cc1. The lowest BCUT2D eigenvalue weighted by Crippen LogP contribution is -2.19. The average Bonchev–Trinajstić information content (AvgIpc) is 2.76. The van der Waals surface area contributed by atoms with Crippen LogP contribution in [0.15, 0.2) is 71.6 Å². The lowest BCUT2D eigenvalue weighted by molar-refractivity contribution is -0.113. The van der Waals surface area contributed by atoms with Crippen LogP contribution in [-0.2, 0) is 4.79 Å². The van der Waals surface area contributed by atoms with E-state index in [4.69, 9.17) is 9.47 Å². The molecule has 1 aliphatic rings. The van der Waals surface area contributed by atoms with Gasteiger partial charge < -0.3 is 20.1 Å². The van der Waals surface area contributed by atoms with E-state index in [-0.39, 0.29) is 11.8 Å². The molecule has 3 aromatic carbocycles. The summed E-state index contributed by atoms with van der Waals surface area (Å²) in [6.45, 7) is 2.56. The van der Waals surface area contributed by atoms with Crippen molar-refractivity contribution in [2.75, 3.05) is 23.0 Å². The van der Waals surface area contributed by atoms with Gasteiger partial charge in [0.2, 0.25) is 5.91 Å². The number of nitrogens with one attached hydrogen (secondary N) is 2. The molecule has 0 aromatic heterocycles. The minimum Gasteiger partial charge on any atom is -0.494 e. The summed E-state index contributed by atoms with van der Waals surface area (Å²) >= 11 is 1.46. The minimum atomic E-state index is -0.247. The van der Waals surface area contributed by atoms with Gasteiger partial charge in [-0.25, -0.2) is 0 Å². The van der Waals surface area contributed by atoms with Crippen molar-refractivity contribution >= 4 is 35.0 Å². The van der Waals surface area contributed by atoms with E-state index < -0.39 is 0 Å². The van der Waals surface area contributed by atoms with Gasteiger partial charge in [-0.05, 0) is 73.7 Å². The van der Waals surface area contributed by atoms with Gasteiger partial charge in [0, 0.05) is 16.1 Å². The molecule has 2 amide bonds. The second-order valence-corrected chi connectivity index (χ2v) is 7.55. The lowest BCUT2D eigenvalue weighted by Gasteiger charge is -2.17. The van der Waals surface area contributed by atoms with Crippen molar-refractivity contribution in [3.63, 3.8) is 0 Å². The van der Waals surface area contributed by atoms with E-state index in [0.29, 0.717) is 40.8 Å². The van der Waals surface area contributed by atoms with Gasteiger partial charge in [-0.1, -0.05) is 0 Å². The van der Waals surface area contributed by atoms with E-state index in [0.717, 1.165) is 10.6 Å². The summed E-state index contributed by atoms with van der Waals surface area (Å²) in [5.74, 6) is 2.23. The molecule has 0 radical (unpaired) electrons. The maximum atomic E-state index is 12.6. The molecule has 1 heterocycles. The van der Waals surface area contributed by atoms with Crippen molar-refractivity contribution in [3.05, 3.63) is 72.3 Å². The van der Waals surface area contributed by atoms with Crippen LogP contribution in [0.25, 0.3) is 0 Å². The van der Waals surface area contributed by atoms with E-state index in [1.54, 1.807) is 36.4 Å². The van der Waals surface area contributed by atoms with Gasteiger partial charge in [0.15, 0.2) is 0 Å². The highest BCUT2D eigenvalue weighted by molar-refractivity contribution is 8.00. The van der Waals surface area contributed by atoms with Crippen molar-refractivity contribution in [1.82, 2.24) is 0 Å². The third-order valence-electron chi connectivity index (χ3n) is 4.36. The minimum absolute atomic E-state index is 0.0619. The number of ether oxygens (including phenoxy) is 2. The van der Waals surface area contributed by atoms with E-state index in [1.165, 1.54) is 11.8 Å². The number of hydrogen-bond acceptors (Lipinski definition) is 5. The number of benzene rings is 3. The van der Waals surface area contributed by atoms with Crippen LogP contribution in [0, 0.1) is 0 Å². The zero-order valence-electron chi connectivity index (χ0n) is 16.3. The van der Waals surface area contributed by atoms with Gasteiger partial charge in [0.25, 0.3) is 5.91 Å². The second-order valence-electron chi connectivity index (χ2n) is 6.53. The normalized spacial score (nSPS) is 12.5. The Bertz CT molecular complexity index is 1070. The first-order chi connectivity index (χ1) is 14.6. The Morgan fingerprint density at radius 2 is 1.67 bits per heavy atom. The van der Waals surface area contributed by atoms with Crippen LogP contribution in [0.4, 0.5) is 11.4 Å². The van der Waals surface area contributed by atoms with Gasteiger partial charge in [-0.15, -0.1) is 11.8 Å². The van der Waals surface area contributed by atoms with Crippen LogP contribution in [0.1, 0.15) is 17.3 Å². The van der Waals surface area contributed by atoms with Gasteiger partial charge in [0.1, 0.15) is 17.2 Å². The molecular weight excluding hydrogens is 400 g/mol. The van der Waals surface area contributed by atoms with Gasteiger partial charge in [0.05, 0.1) is 18.0 Å². The lowest BCUT2D eigenvalue weighted by atomic mass is 10.1. The molecule has 0 spiro atoms. The van der Waals surface area contributed by atoms with Crippen molar-refractivity contribution < 1.29 is 19.1 Å². The molecule has 0 aliphatic carbocycles. The number of rotatable bonds is 6. The quantitative estimate of drug-likeness (QED) is 0.575. The Morgan fingerprint density at radius 1 is 1.00 bits per heavy atom. The molecule has 1 aliphatic heterocycles. The highest BCUT2D eigenvalue weighted by atomic mass is 32.2. The molecule has 0 saturated carbocycles. The highest BCUT2D eigenvalue weighted by Gasteiger charge is 2.17. The van der Waals surface area contributed by atoms with Crippen LogP contribution in [-0.4, -0.2) is 24.2 Å². The predicted molar refractivity (Wildman–Crippen MR) is 118 cm³/mol. The fraction of sp³-hybridized carbons (Fsp3) is 0.130. The van der Waals surface area contributed by atoms with Crippen LogP contribution >= 0.6 is 11.8 Å². The summed E-state index contributed by atoms with van der Waals surface area (Å²) in [7, 11) is 0. The van der Waals surface area contributed by atoms with Gasteiger partial charge >= 0.3 is 0 Å². The molecule has 152 valence electrons. The molecule has 3 aromatic rings. The van der Waals surface area contributed by atoms with Gasteiger partial charge in [-0.3, -0.25) is 9.59 Å². The maximum absolute atomic E-state index is 12.6. The smallest absolute Gasteiger partial charge is 0.255 e. The number of hydrogen-bond donors (Lipinski definition) is 2. The van der Waals surface area contributed by atoms with Crippen LogP contribution in [0.2, 0.25) is 0 Å². The largest absolute Gasteiger partial charge is 0.494 e. The Hall–Kier alpha value is -3.45. The molecule has 0 bridgehead atoms. The van der Waals surface area contributed by atoms with E-state index in [2.05, 4.69) is 10.6 Å². The summed E-state index contributed by atoms with van der Waals surface area (Å²) in [4.78, 5) is 25.1. The van der Waals surface area contributed by atoms with E-state index in [9.17, 15) is 9.59 Å². The van der Waals surface area contributed by atoms with Crippen LogP contribution in [0.3, 0.4) is 0 Å². The number of thioether (sulfide) groups is 1. The fourth-order valence-corrected chi connectivity index (χ4v) is 3.73. The number of fused-ring (bicyclic) bond motifs is 1. The number of carbonyl (C=O) groups excluding carboxylic acids is 2. The molecule has 30 heavy (non-hydrogen) atoms. The summed E-state index contributed by atoms with van der Waals surface area (Å²) in [6.07, 6.45) is 0. The molecule has 7 heteroatoms. The predicted octanol–water partition coefficient (Wildman–Crippen LogP) is 5.17. The fourth-order valence-electron chi connectivity index (χ4n) is 2.94. The van der Waals surface area contributed by atoms with E-state index in [1.807, 2.05) is 37.3 Å². The summed E-state index contributed by atoms with van der Waals surface area (Å²) in [5, 5.41) is 5.65. The first-order valence-corrected chi connectivity index (χ1v) is 10.5. The Morgan fingerprint density at radius 3 is 2.37 bits per heavy atom. The maximum Gasteiger partial charge on any atom is 0.255 e. The number of anilines is 2. The van der Waals surface area contributed by atoms with Gasteiger partial charge in [-0.2, -0.15) is 0 Å². The van der Waals surface area contributed by atoms with Crippen molar-refractivity contribution in [2.24, 2.45) is 0 Å². The molecular formula is C23H20N2O4S. The molecule has 0 fully saturated rings. The zero-order valence-corrected chi connectivity index (χ0v) is 17.1. The van der Waals surface area contributed by atoms with Crippen LogP contribution < -0.4 is 20.1 Å². The topological polar surface area (TPSA) is 76.7 Å². The average molecular weight is 420 g/mol. The molecule has 0 unspecified atom stereocenters. The highest BCUT2D eigenvalue weighted by Crippen LogP contribution is 2.32. The summed E-state index contributed by atoms with van der Waals surface area (Å²) in [5.41, 5.74) is 1.80. The number of amides is 2. The molecule has 0 atom stereocenters. The Balaban J connectivity index is 1.39. The Kier molecular flexibility index (Phi) is 5.90. The molecule has 4 rings (SSSR count).